The number of carbonyl (C=O) groups excluding carboxylic acids is 1. The third-order valence-electron chi connectivity index (χ3n) is 4.30. The van der Waals surface area contributed by atoms with Crippen LogP contribution in [0.5, 0.6) is 5.75 Å². The number of ether oxygens (including phenoxy) is 1. The van der Waals surface area contributed by atoms with E-state index >= 15 is 0 Å². The number of thioether (sulfide) groups is 1. The molecular weight excluding hydrogens is 455 g/mol. The summed E-state index contributed by atoms with van der Waals surface area (Å²) in [5, 5.41) is 12.8. The molecule has 0 saturated heterocycles. The summed E-state index contributed by atoms with van der Waals surface area (Å²) in [5.74, 6) is 1.39. The molecule has 1 atom stereocenters. The van der Waals surface area contributed by atoms with Crippen LogP contribution >= 0.6 is 35.0 Å². The Morgan fingerprint density at radius 1 is 1.26 bits per heavy atom. The quantitative estimate of drug-likeness (QED) is 0.305. The molecule has 0 spiro atoms. The highest BCUT2D eigenvalue weighted by Gasteiger charge is 2.20. The molecule has 0 aliphatic carbocycles. The van der Waals surface area contributed by atoms with Gasteiger partial charge in [0.15, 0.2) is 17.1 Å². The van der Waals surface area contributed by atoms with Crippen LogP contribution in [0.3, 0.4) is 0 Å². The summed E-state index contributed by atoms with van der Waals surface area (Å²) in [6.07, 6.45) is 1.43. The van der Waals surface area contributed by atoms with Gasteiger partial charge in [-0.15, -0.1) is 16.8 Å². The van der Waals surface area contributed by atoms with Gasteiger partial charge in [0.1, 0.15) is 5.75 Å². The number of hydrogen-bond donors (Lipinski definition) is 1. The van der Waals surface area contributed by atoms with Gasteiger partial charge in [0.05, 0.1) is 5.75 Å². The van der Waals surface area contributed by atoms with Gasteiger partial charge in [-0.05, 0) is 43.7 Å². The molecule has 3 rings (SSSR count). The molecule has 0 fully saturated rings. The molecule has 0 radical (unpaired) electrons. The first-order valence-corrected chi connectivity index (χ1v) is 11.3. The van der Waals surface area contributed by atoms with E-state index in [4.69, 9.17) is 27.9 Å². The minimum atomic E-state index is -0.328. The van der Waals surface area contributed by atoms with Crippen LogP contribution in [0.15, 0.2) is 60.3 Å². The molecule has 0 aliphatic heterocycles. The van der Waals surface area contributed by atoms with Crippen molar-refractivity contribution in [3.63, 3.8) is 0 Å². The molecule has 0 aliphatic rings. The van der Waals surface area contributed by atoms with Gasteiger partial charge in [0, 0.05) is 22.3 Å². The predicted molar refractivity (Wildman–Crippen MR) is 126 cm³/mol. The molecule has 1 aromatic heterocycles. The molecule has 6 nitrogen and oxygen atoms in total. The molecule has 9 heteroatoms. The lowest BCUT2D eigenvalue weighted by atomic mass is 10.2. The van der Waals surface area contributed by atoms with E-state index in [1.165, 1.54) is 11.8 Å². The minimum absolute atomic E-state index is 0.145. The van der Waals surface area contributed by atoms with Crippen LogP contribution in [0.2, 0.25) is 10.0 Å². The SMILES string of the molecule is C=CCn1c(SCC(=O)Nc2cc(Cl)cc(Cl)c2)nnc1C(C)Oc1ccccc1C. The number of aryl methyl sites for hydroxylation is 1. The van der Waals surface area contributed by atoms with E-state index in [1.54, 1.807) is 24.3 Å². The topological polar surface area (TPSA) is 69.0 Å². The zero-order valence-electron chi connectivity index (χ0n) is 17.1. The van der Waals surface area contributed by atoms with Crippen molar-refractivity contribution in [3.8, 4) is 5.75 Å². The molecule has 31 heavy (non-hydrogen) atoms. The Morgan fingerprint density at radius 2 is 1.97 bits per heavy atom. The molecule has 1 unspecified atom stereocenters. The number of carbonyl (C=O) groups is 1. The molecule has 1 heterocycles. The van der Waals surface area contributed by atoms with Crippen LogP contribution in [0.4, 0.5) is 5.69 Å². The summed E-state index contributed by atoms with van der Waals surface area (Å²) in [5.41, 5.74) is 1.58. The van der Waals surface area contributed by atoms with Gasteiger partial charge < -0.3 is 10.1 Å². The Balaban J connectivity index is 1.68. The van der Waals surface area contributed by atoms with Crippen LogP contribution in [0.25, 0.3) is 0 Å². The van der Waals surface area contributed by atoms with Crippen molar-refractivity contribution < 1.29 is 9.53 Å². The first-order chi connectivity index (χ1) is 14.9. The van der Waals surface area contributed by atoms with Gasteiger partial charge in [-0.25, -0.2) is 0 Å². The molecule has 2 aromatic carbocycles. The number of benzene rings is 2. The van der Waals surface area contributed by atoms with Crippen LogP contribution in [-0.4, -0.2) is 26.4 Å². The largest absolute Gasteiger partial charge is 0.482 e. The average Bonchev–Trinajstić information content (AvgIpc) is 3.10. The van der Waals surface area contributed by atoms with E-state index in [2.05, 4.69) is 22.1 Å². The van der Waals surface area contributed by atoms with Crippen molar-refractivity contribution in [2.75, 3.05) is 11.1 Å². The number of nitrogens with zero attached hydrogens (tertiary/aromatic N) is 3. The van der Waals surface area contributed by atoms with E-state index in [9.17, 15) is 4.79 Å². The van der Waals surface area contributed by atoms with Crippen molar-refractivity contribution in [1.82, 2.24) is 14.8 Å². The van der Waals surface area contributed by atoms with E-state index < -0.39 is 0 Å². The van der Waals surface area contributed by atoms with Crippen molar-refractivity contribution in [2.24, 2.45) is 0 Å². The lowest BCUT2D eigenvalue weighted by Crippen LogP contribution is -2.15. The second-order valence-corrected chi connectivity index (χ2v) is 8.58. The molecule has 0 bridgehead atoms. The molecule has 1 amide bonds. The van der Waals surface area contributed by atoms with E-state index in [1.807, 2.05) is 42.7 Å². The maximum atomic E-state index is 12.4. The van der Waals surface area contributed by atoms with E-state index in [0.717, 1.165) is 11.3 Å². The number of amides is 1. The Kier molecular flexibility index (Phi) is 8.01. The Labute approximate surface area is 195 Å². The number of halogens is 2. The first kappa shape index (κ1) is 23.2. The standard InChI is InChI=1S/C22H22Cl2N4O2S/c1-4-9-28-21(15(3)30-19-8-6-5-7-14(19)2)26-27-22(28)31-13-20(29)25-18-11-16(23)10-17(24)12-18/h4-8,10-12,15H,1,9,13H2,2-3H3,(H,25,29). The number of para-hydroxylation sites is 1. The van der Waals surface area contributed by atoms with Crippen molar-refractivity contribution in [1.29, 1.82) is 0 Å². The third kappa shape index (κ3) is 6.26. The van der Waals surface area contributed by atoms with Gasteiger partial charge in [-0.3, -0.25) is 9.36 Å². The van der Waals surface area contributed by atoms with Crippen molar-refractivity contribution in [3.05, 3.63) is 76.6 Å². The summed E-state index contributed by atoms with van der Waals surface area (Å²) >= 11 is 13.2. The lowest BCUT2D eigenvalue weighted by molar-refractivity contribution is -0.113. The van der Waals surface area contributed by atoms with Gasteiger partial charge in [-0.1, -0.05) is 59.2 Å². The van der Waals surface area contributed by atoms with Gasteiger partial charge in [0.25, 0.3) is 0 Å². The fourth-order valence-corrected chi connectivity index (χ4v) is 4.17. The van der Waals surface area contributed by atoms with Crippen LogP contribution in [-0.2, 0) is 11.3 Å². The summed E-state index contributed by atoms with van der Waals surface area (Å²) in [4.78, 5) is 12.4. The second-order valence-electron chi connectivity index (χ2n) is 6.76. The highest BCUT2D eigenvalue weighted by atomic mass is 35.5. The van der Waals surface area contributed by atoms with Crippen LogP contribution in [0, 0.1) is 6.92 Å². The number of nitrogens with one attached hydrogen (secondary N) is 1. The number of anilines is 1. The molecule has 3 aromatic rings. The summed E-state index contributed by atoms with van der Waals surface area (Å²) < 4.78 is 7.98. The summed E-state index contributed by atoms with van der Waals surface area (Å²) in [6, 6.07) is 12.7. The zero-order chi connectivity index (χ0) is 22.4. The maximum Gasteiger partial charge on any atom is 0.234 e. The third-order valence-corrected chi connectivity index (χ3v) is 5.70. The van der Waals surface area contributed by atoms with E-state index in [0.29, 0.717) is 33.3 Å². The van der Waals surface area contributed by atoms with E-state index in [-0.39, 0.29) is 17.8 Å². The zero-order valence-corrected chi connectivity index (χ0v) is 19.5. The van der Waals surface area contributed by atoms with Crippen molar-refractivity contribution >= 4 is 46.6 Å². The smallest absolute Gasteiger partial charge is 0.234 e. The Hall–Kier alpha value is -2.48. The number of hydrogen-bond acceptors (Lipinski definition) is 5. The average molecular weight is 477 g/mol. The van der Waals surface area contributed by atoms with Gasteiger partial charge in [0.2, 0.25) is 5.91 Å². The predicted octanol–water partition coefficient (Wildman–Crippen LogP) is 5.95. The number of allylic oxidation sites excluding steroid dienone is 1. The Morgan fingerprint density at radius 3 is 2.65 bits per heavy atom. The maximum absolute atomic E-state index is 12.4. The molecule has 162 valence electrons. The molecule has 0 saturated carbocycles. The normalized spacial score (nSPS) is 11.7. The highest BCUT2D eigenvalue weighted by Crippen LogP contribution is 2.27. The van der Waals surface area contributed by atoms with Crippen molar-refractivity contribution in [2.45, 2.75) is 31.7 Å². The minimum Gasteiger partial charge on any atom is -0.482 e. The van der Waals surface area contributed by atoms with Gasteiger partial charge in [-0.2, -0.15) is 0 Å². The Bertz CT molecular complexity index is 1070. The summed E-state index contributed by atoms with van der Waals surface area (Å²) in [6.45, 7) is 8.22. The van der Waals surface area contributed by atoms with Crippen LogP contribution < -0.4 is 10.1 Å². The molecular formula is C22H22Cl2N4O2S. The van der Waals surface area contributed by atoms with Crippen LogP contribution in [0.1, 0.15) is 24.4 Å². The summed E-state index contributed by atoms with van der Waals surface area (Å²) in [7, 11) is 0. The highest BCUT2D eigenvalue weighted by molar-refractivity contribution is 7.99. The number of rotatable bonds is 9. The fourth-order valence-electron chi connectivity index (χ4n) is 2.89. The fraction of sp³-hybridized carbons (Fsp3) is 0.227. The first-order valence-electron chi connectivity index (χ1n) is 9.52. The molecule has 1 N–H and O–H groups in total. The second kappa shape index (κ2) is 10.7. The lowest BCUT2D eigenvalue weighted by Gasteiger charge is -2.17. The monoisotopic (exact) mass is 476 g/mol. The number of aromatic nitrogens is 3. The van der Waals surface area contributed by atoms with Gasteiger partial charge >= 0.3 is 0 Å².